The van der Waals surface area contributed by atoms with Gasteiger partial charge in [-0.15, -0.1) is 0 Å². The number of esters is 2. The maximum Gasteiger partial charge on any atom is 0.311 e. The van der Waals surface area contributed by atoms with E-state index in [2.05, 4.69) is 13.8 Å². The molecule has 0 aromatic rings. The number of carbonyl (C=O) groups is 2. The molecule has 0 bridgehead atoms. The van der Waals surface area contributed by atoms with Crippen molar-refractivity contribution in [2.75, 3.05) is 13.2 Å². The fraction of sp³-hybridized carbons (Fsp3) is 0.938. The lowest BCUT2D eigenvalue weighted by Gasteiger charge is -2.22. The van der Waals surface area contributed by atoms with Gasteiger partial charge in [0.1, 0.15) is 0 Å². The first kappa shape index (κ1) is 34.9. The smallest absolute Gasteiger partial charge is 0.311 e. The first-order chi connectivity index (χ1) is 17.4. The van der Waals surface area contributed by atoms with Crippen molar-refractivity contribution >= 4 is 11.9 Å². The molecule has 0 spiro atoms. The van der Waals surface area contributed by atoms with Crippen LogP contribution in [-0.2, 0) is 19.1 Å². The Morgan fingerprint density at radius 2 is 0.889 bits per heavy atom. The van der Waals surface area contributed by atoms with Crippen molar-refractivity contribution in [2.45, 2.75) is 175 Å². The van der Waals surface area contributed by atoms with Crippen LogP contribution in [0, 0.1) is 5.41 Å². The van der Waals surface area contributed by atoms with Crippen LogP contribution in [0.15, 0.2) is 0 Å². The van der Waals surface area contributed by atoms with Crippen LogP contribution in [0.25, 0.3) is 0 Å². The van der Waals surface area contributed by atoms with E-state index in [0.29, 0.717) is 19.6 Å². The molecule has 0 aromatic heterocycles. The summed E-state index contributed by atoms with van der Waals surface area (Å²) in [7, 11) is 0. The molecule has 36 heavy (non-hydrogen) atoms. The standard InChI is InChI=1S/C32H62O4/c1-5-7-9-20-24-28-35-30(33)26-22-18-16-14-12-11-13-15-17-19-23-27-32(3,4)31(34)36-29-25-21-10-8-6-2/h5-29H2,1-4H3. The molecule has 0 unspecified atom stereocenters. The summed E-state index contributed by atoms with van der Waals surface area (Å²) in [6, 6.07) is 0. The minimum atomic E-state index is -0.353. The molecule has 0 atom stereocenters. The summed E-state index contributed by atoms with van der Waals surface area (Å²) in [6.07, 6.45) is 26.8. The highest BCUT2D eigenvalue weighted by atomic mass is 16.5. The minimum absolute atomic E-state index is 0.0106. The van der Waals surface area contributed by atoms with E-state index in [4.69, 9.17) is 9.47 Å². The van der Waals surface area contributed by atoms with Gasteiger partial charge in [-0.2, -0.15) is 0 Å². The topological polar surface area (TPSA) is 52.6 Å². The Morgan fingerprint density at radius 1 is 0.500 bits per heavy atom. The zero-order chi connectivity index (χ0) is 26.7. The van der Waals surface area contributed by atoms with Gasteiger partial charge in [0.05, 0.1) is 18.6 Å². The van der Waals surface area contributed by atoms with Gasteiger partial charge in [0.2, 0.25) is 0 Å². The van der Waals surface area contributed by atoms with Crippen molar-refractivity contribution in [2.24, 2.45) is 5.41 Å². The number of hydrogen-bond donors (Lipinski definition) is 0. The van der Waals surface area contributed by atoms with Gasteiger partial charge in [-0.3, -0.25) is 9.59 Å². The number of unbranched alkanes of at least 4 members (excludes halogenated alkanes) is 18. The lowest BCUT2D eigenvalue weighted by Crippen LogP contribution is -2.27. The monoisotopic (exact) mass is 510 g/mol. The summed E-state index contributed by atoms with van der Waals surface area (Å²) in [4.78, 5) is 24.1. The SMILES string of the molecule is CCCCCCCOC(=O)CCCCCCCCCCCCCC(C)(C)C(=O)OCCCCCCC. The maximum atomic E-state index is 12.4. The van der Waals surface area contributed by atoms with Crippen LogP contribution in [0.1, 0.15) is 175 Å². The quantitative estimate of drug-likeness (QED) is 0.0814. The van der Waals surface area contributed by atoms with E-state index >= 15 is 0 Å². The van der Waals surface area contributed by atoms with Gasteiger partial charge in [0.25, 0.3) is 0 Å². The molecule has 0 radical (unpaired) electrons. The molecular weight excluding hydrogens is 448 g/mol. The summed E-state index contributed by atoms with van der Waals surface area (Å²) >= 11 is 0. The third-order valence-corrected chi connectivity index (χ3v) is 7.23. The molecular formula is C32H62O4. The molecule has 0 N–H and O–H groups in total. The maximum absolute atomic E-state index is 12.4. The molecule has 0 heterocycles. The number of ether oxygens (including phenoxy) is 2. The summed E-state index contributed by atoms with van der Waals surface area (Å²) in [5.41, 5.74) is -0.353. The number of rotatable bonds is 27. The van der Waals surface area contributed by atoms with Crippen molar-refractivity contribution in [1.82, 2.24) is 0 Å². The first-order valence-electron chi connectivity index (χ1n) is 15.8. The molecule has 0 fully saturated rings. The Bertz CT molecular complexity index is 500. The first-order valence-corrected chi connectivity index (χ1v) is 15.8. The third kappa shape index (κ3) is 23.3. The Kier molecular flexibility index (Phi) is 24.8. The molecule has 0 amide bonds. The van der Waals surface area contributed by atoms with Crippen LogP contribution in [0.5, 0.6) is 0 Å². The molecule has 0 aliphatic rings. The van der Waals surface area contributed by atoms with Crippen molar-refractivity contribution in [3.63, 3.8) is 0 Å². The third-order valence-electron chi connectivity index (χ3n) is 7.23. The van der Waals surface area contributed by atoms with E-state index in [-0.39, 0.29) is 17.4 Å². The van der Waals surface area contributed by atoms with Crippen molar-refractivity contribution < 1.29 is 19.1 Å². The highest BCUT2D eigenvalue weighted by Gasteiger charge is 2.28. The zero-order valence-electron chi connectivity index (χ0n) is 24.8. The van der Waals surface area contributed by atoms with Gasteiger partial charge in [0, 0.05) is 6.42 Å². The highest BCUT2D eigenvalue weighted by Crippen LogP contribution is 2.26. The predicted octanol–water partition coefficient (Wildman–Crippen LogP) is 10.1. The van der Waals surface area contributed by atoms with Gasteiger partial charge in [0.15, 0.2) is 0 Å². The van der Waals surface area contributed by atoms with Crippen LogP contribution >= 0.6 is 0 Å². The van der Waals surface area contributed by atoms with Crippen molar-refractivity contribution in [1.29, 1.82) is 0 Å². The fourth-order valence-corrected chi connectivity index (χ4v) is 4.56. The van der Waals surface area contributed by atoms with Crippen LogP contribution in [-0.4, -0.2) is 25.2 Å². The molecule has 0 aliphatic heterocycles. The second kappa shape index (κ2) is 25.6. The summed E-state index contributed by atoms with van der Waals surface area (Å²) in [5.74, 6) is -0.0312. The average Bonchev–Trinajstić information content (AvgIpc) is 2.86. The van der Waals surface area contributed by atoms with E-state index in [0.717, 1.165) is 44.9 Å². The number of hydrogen-bond acceptors (Lipinski definition) is 4. The normalized spacial score (nSPS) is 11.6. The predicted molar refractivity (Wildman–Crippen MR) is 153 cm³/mol. The Labute approximate surface area is 225 Å². The molecule has 0 saturated carbocycles. The van der Waals surface area contributed by atoms with Crippen LogP contribution in [0.3, 0.4) is 0 Å². The van der Waals surface area contributed by atoms with E-state index < -0.39 is 0 Å². The van der Waals surface area contributed by atoms with Crippen LogP contribution in [0.2, 0.25) is 0 Å². The second-order valence-electron chi connectivity index (χ2n) is 11.5. The van der Waals surface area contributed by atoms with Crippen LogP contribution < -0.4 is 0 Å². The lowest BCUT2D eigenvalue weighted by atomic mass is 9.87. The van der Waals surface area contributed by atoms with E-state index in [1.165, 1.54) is 96.3 Å². The fourth-order valence-electron chi connectivity index (χ4n) is 4.56. The van der Waals surface area contributed by atoms with Gasteiger partial charge >= 0.3 is 11.9 Å². The summed E-state index contributed by atoms with van der Waals surface area (Å²) < 4.78 is 10.8. The summed E-state index contributed by atoms with van der Waals surface area (Å²) in [6.45, 7) is 9.68. The average molecular weight is 511 g/mol. The number of carbonyl (C=O) groups excluding carboxylic acids is 2. The lowest BCUT2D eigenvalue weighted by molar-refractivity contribution is -0.154. The van der Waals surface area contributed by atoms with E-state index in [1.807, 2.05) is 13.8 Å². The van der Waals surface area contributed by atoms with Crippen LogP contribution in [0.4, 0.5) is 0 Å². The van der Waals surface area contributed by atoms with Gasteiger partial charge in [-0.25, -0.2) is 0 Å². The van der Waals surface area contributed by atoms with E-state index in [9.17, 15) is 9.59 Å². The largest absolute Gasteiger partial charge is 0.466 e. The van der Waals surface area contributed by atoms with Crippen molar-refractivity contribution in [3.8, 4) is 0 Å². The van der Waals surface area contributed by atoms with E-state index in [1.54, 1.807) is 0 Å². The Hall–Kier alpha value is -1.06. The summed E-state index contributed by atoms with van der Waals surface area (Å²) in [5, 5.41) is 0. The molecule has 214 valence electrons. The molecule has 0 aromatic carbocycles. The molecule has 4 nitrogen and oxygen atoms in total. The second-order valence-corrected chi connectivity index (χ2v) is 11.5. The van der Waals surface area contributed by atoms with Gasteiger partial charge in [-0.05, 0) is 39.5 Å². The molecule has 0 aliphatic carbocycles. The minimum Gasteiger partial charge on any atom is -0.466 e. The molecule has 0 saturated heterocycles. The Balaban J connectivity index is 3.42. The van der Waals surface area contributed by atoms with Crippen molar-refractivity contribution in [3.05, 3.63) is 0 Å². The molecule has 0 rings (SSSR count). The highest BCUT2D eigenvalue weighted by molar-refractivity contribution is 5.75. The van der Waals surface area contributed by atoms with Gasteiger partial charge < -0.3 is 9.47 Å². The Morgan fingerprint density at radius 3 is 1.39 bits per heavy atom. The zero-order valence-corrected chi connectivity index (χ0v) is 24.8. The van der Waals surface area contributed by atoms with Gasteiger partial charge in [-0.1, -0.05) is 129 Å². The molecule has 4 heteroatoms.